The molecule has 1 saturated carbocycles. The average Bonchev–Trinajstić information content (AvgIpc) is 3.64. The van der Waals surface area contributed by atoms with Gasteiger partial charge in [-0.15, -0.1) is 0 Å². The van der Waals surface area contributed by atoms with Crippen molar-refractivity contribution in [3.05, 3.63) is 77.6 Å². The molecule has 1 aliphatic rings. The van der Waals surface area contributed by atoms with Gasteiger partial charge in [-0.3, -0.25) is 9.79 Å². The molecule has 0 aromatic heterocycles. The number of benzene rings is 2. The maximum absolute atomic E-state index is 13.8. The Hall–Kier alpha value is -3.59. The van der Waals surface area contributed by atoms with Crippen LogP contribution in [0.3, 0.4) is 0 Å². The molecule has 6 nitrogen and oxygen atoms in total. The van der Waals surface area contributed by atoms with Crippen molar-refractivity contribution in [1.82, 2.24) is 5.32 Å². The Kier molecular flexibility index (Phi) is 9.04. The lowest BCUT2D eigenvalue weighted by Crippen LogP contribution is -2.21. The van der Waals surface area contributed by atoms with Gasteiger partial charge in [0.2, 0.25) is 0 Å². The molecule has 0 bridgehead atoms. The number of aliphatic carboxylic acids is 1. The molecule has 0 amide bonds. The van der Waals surface area contributed by atoms with E-state index in [1.54, 1.807) is 57.3 Å². The second kappa shape index (κ2) is 11.9. The highest BCUT2D eigenvalue weighted by atomic mass is 19.4. The van der Waals surface area contributed by atoms with Gasteiger partial charge in [-0.25, -0.2) is 0 Å². The van der Waals surface area contributed by atoms with Gasteiger partial charge in [0.25, 0.3) is 0 Å². The minimum atomic E-state index is -4.53. The molecule has 1 fully saturated rings. The quantitative estimate of drug-likeness (QED) is 0.284. The molecule has 204 valence electrons. The van der Waals surface area contributed by atoms with Gasteiger partial charge >= 0.3 is 12.1 Å². The minimum Gasteiger partial charge on any atom is -0.493 e. The number of ether oxygens (including phenoxy) is 1. The van der Waals surface area contributed by atoms with Crippen LogP contribution in [0.15, 0.2) is 71.5 Å². The summed E-state index contributed by atoms with van der Waals surface area (Å²) in [7, 11) is 0. The highest BCUT2D eigenvalue weighted by Gasteiger charge is 2.45. The molecule has 0 spiro atoms. The Morgan fingerprint density at radius 3 is 2.42 bits per heavy atom. The minimum absolute atomic E-state index is 0.0531. The molecule has 0 saturated heterocycles. The van der Waals surface area contributed by atoms with Crippen LogP contribution in [0.25, 0.3) is 11.1 Å². The molecule has 0 heterocycles. The summed E-state index contributed by atoms with van der Waals surface area (Å²) in [5.41, 5.74) is 0.601. The van der Waals surface area contributed by atoms with Gasteiger partial charge in [-0.2, -0.15) is 13.2 Å². The monoisotopic (exact) mass is 530 g/mol. The number of nitrogens with one attached hydrogen (secondary N) is 1. The Morgan fingerprint density at radius 2 is 1.87 bits per heavy atom. The molecule has 0 aliphatic heterocycles. The molecule has 2 atom stereocenters. The van der Waals surface area contributed by atoms with Crippen LogP contribution < -0.4 is 10.1 Å². The van der Waals surface area contributed by atoms with Gasteiger partial charge in [0.15, 0.2) is 0 Å². The lowest BCUT2D eigenvalue weighted by molar-refractivity contribution is -0.139. The van der Waals surface area contributed by atoms with E-state index in [4.69, 9.17) is 9.84 Å². The first-order chi connectivity index (χ1) is 17.8. The predicted molar refractivity (Wildman–Crippen MR) is 141 cm³/mol. The molecule has 9 heteroatoms. The van der Waals surface area contributed by atoms with Gasteiger partial charge in [0, 0.05) is 36.5 Å². The first kappa shape index (κ1) is 29.0. The van der Waals surface area contributed by atoms with E-state index < -0.39 is 29.2 Å². The SMILES string of the molecule is C=C(N=C/C(=C\C)NCc1ccc(C(F)(F)F)c(-c2ccc(OCCC(C)(C)O)cc2)c1)[C@H]1CC1C(=O)O. The molecular weight excluding hydrogens is 497 g/mol. The number of carboxylic acid groups (broad SMARTS) is 1. The smallest absolute Gasteiger partial charge is 0.417 e. The lowest BCUT2D eigenvalue weighted by atomic mass is 9.96. The van der Waals surface area contributed by atoms with Crippen LogP contribution in [0.1, 0.15) is 44.7 Å². The maximum atomic E-state index is 13.8. The zero-order valence-corrected chi connectivity index (χ0v) is 21.7. The number of alkyl halides is 3. The van der Waals surface area contributed by atoms with E-state index in [1.807, 2.05) is 0 Å². The molecule has 2 aromatic carbocycles. The van der Waals surface area contributed by atoms with Gasteiger partial charge < -0.3 is 20.3 Å². The summed E-state index contributed by atoms with van der Waals surface area (Å²) in [5, 5.41) is 22.0. The van der Waals surface area contributed by atoms with Crippen molar-refractivity contribution in [1.29, 1.82) is 0 Å². The summed E-state index contributed by atoms with van der Waals surface area (Å²) in [6, 6.07) is 10.4. The van der Waals surface area contributed by atoms with Crippen molar-refractivity contribution in [2.75, 3.05) is 6.61 Å². The number of hydrogen-bond acceptors (Lipinski definition) is 5. The maximum Gasteiger partial charge on any atom is 0.417 e. The van der Waals surface area contributed by atoms with Gasteiger partial charge in [-0.1, -0.05) is 30.9 Å². The molecule has 1 aliphatic carbocycles. The van der Waals surface area contributed by atoms with Crippen LogP contribution in [0.4, 0.5) is 13.2 Å². The van der Waals surface area contributed by atoms with Crippen molar-refractivity contribution in [3.63, 3.8) is 0 Å². The summed E-state index contributed by atoms with van der Waals surface area (Å²) < 4.78 is 46.9. The highest BCUT2D eigenvalue weighted by molar-refractivity contribution is 5.79. The van der Waals surface area contributed by atoms with E-state index in [0.717, 1.165) is 6.07 Å². The van der Waals surface area contributed by atoms with E-state index >= 15 is 0 Å². The fourth-order valence-corrected chi connectivity index (χ4v) is 3.85. The summed E-state index contributed by atoms with van der Waals surface area (Å²) in [4.78, 5) is 15.3. The third kappa shape index (κ3) is 8.21. The number of aliphatic imine (C=N–C) groups is 1. The van der Waals surface area contributed by atoms with E-state index in [1.165, 1.54) is 12.1 Å². The molecule has 1 unspecified atom stereocenters. The number of carboxylic acids is 1. The van der Waals surface area contributed by atoms with E-state index in [2.05, 4.69) is 16.9 Å². The predicted octanol–water partition coefficient (Wildman–Crippen LogP) is 6.21. The lowest BCUT2D eigenvalue weighted by Gasteiger charge is -2.18. The molecule has 0 radical (unpaired) electrons. The van der Waals surface area contributed by atoms with Crippen LogP contribution in [0.5, 0.6) is 5.75 Å². The molecule has 2 aromatic rings. The highest BCUT2D eigenvalue weighted by Crippen LogP contribution is 2.44. The largest absolute Gasteiger partial charge is 0.493 e. The van der Waals surface area contributed by atoms with Crippen molar-refractivity contribution in [2.45, 2.75) is 51.9 Å². The van der Waals surface area contributed by atoms with Gasteiger partial charge in [0.05, 0.1) is 23.7 Å². The Labute approximate surface area is 220 Å². The number of carbonyl (C=O) groups is 1. The van der Waals surface area contributed by atoms with Crippen LogP contribution in [0.2, 0.25) is 0 Å². The molecule has 38 heavy (non-hydrogen) atoms. The van der Waals surface area contributed by atoms with Crippen molar-refractivity contribution >= 4 is 12.2 Å². The molecular formula is C29H33F3N2O4. The molecule has 3 N–H and O–H groups in total. The topological polar surface area (TPSA) is 91.2 Å². The first-order valence-corrected chi connectivity index (χ1v) is 12.3. The van der Waals surface area contributed by atoms with Crippen molar-refractivity contribution < 1.29 is 32.9 Å². The number of halogens is 3. The summed E-state index contributed by atoms with van der Waals surface area (Å²) in [6.07, 6.45) is -0.284. The Balaban J connectivity index is 1.71. The van der Waals surface area contributed by atoms with Crippen molar-refractivity contribution in [2.24, 2.45) is 16.8 Å². The second-order valence-electron chi connectivity index (χ2n) is 9.95. The second-order valence-corrected chi connectivity index (χ2v) is 9.95. The number of rotatable bonds is 12. The van der Waals surface area contributed by atoms with Crippen LogP contribution >= 0.6 is 0 Å². The fraction of sp³-hybridized carbons (Fsp3) is 0.379. The standard InChI is InChI=1S/C29H33F3N2O4/c1-5-21(17-33-18(2)23-15-25(23)27(35)36)34-16-19-6-11-26(29(30,31)32)24(14-19)20-7-9-22(10-8-20)38-13-12-28(3,4)37/h5-11,14,17,23,25,34,37H,2,12-13,15-16H2,1,3-4H3,(H,35,36)/b21-5+,33-17?/t23-,25?/m1/s1. The van der Waals surface area contributed by atoms with Crippen LogP contribution in [0, 0.1) is 11.8 Å². The number of nitrogens with zero attached hydrogens (tertiary/aromatic N) is 1. The first-order valence-electron chi connectivity index (χ1n) is 12.3. The summed E-state index contributed by atoms with van der Waals surface area (Å²) in [5.74, 6) is -0.969. The Morgan fingerprint density at radius 1 is 1.18 bits per heavy atom. The fourth-order valence-electron chi connectivity index (χ4n) is 3.85. The normalized spacial score (nSPS) is 17.9. The average molecular weight is 531 g/mol. The van der Waals surface area contributed by atoms with Gasteiger partial charge in [-0.05, 0) is 68.1 Å². The number of aliphatic hydroxyl groups is 1. The van der Waals surface area contributed by atoms with E-state index in [9.17, 15) is 23.1 Å². The van der Waals surface area contributed by atoms with Gasteiger partial charge in [0.1, 0.15) is 5.75 Å². The van der Waals surface area contributed by atoms with Crippen LogP contribution in [-0.2, 0) is 17.5 Å². The zero-order chi connectivity index (χ0) is 28.1. The third-order valence-corrected chi connectivity index (χ3v) is 6.25. The van der Waals surface area contributed by atoms with Crippen molar-refractivity contribution in [3.8, 4) is 16.9 Å². The summed E-state index contributed by atoms with van der Waals surface area (Å²) >= 11 is 0. The summed E-state index contributed by atoms with van der Waals surface area (Å²) in [6.45, 7) is 9.51. The number of hydrogen-bond donors (Lipinski definition) is 3. The number of allylic oxidation sites excluding steroid dienone is 3. The van der Waals surface area contributed by atoms with Crippen LogP contribution in [-0.4, -0.2) is 34.6 Å². The van der Waals surface area contributed by atoms with E-state index in [-0.39, 0.29) is 24.6 Å². The Bertz CT molecular complexity index is 1210. The zero-order valence-electron chi connectivity index (χ0n) is 21.7. The van der Waals surface area contributed by atoms with E-state index in [0.29, 0.717) is 41.1 Å². The third-order valence-electron chi connectivity index (χ3n) is 6.25. The molecule has 3 rings (SSSR count).